The van der Waals surface area contributed by atoms with Crippen LogP contribution in [0.2, 0.25) is 0 Å². The van der Waals surface area contributed by atoms with Gasteiger partial charge in [-0.2, -0.15) is 11.8 Å². The molecule has 2 N–H and O–H groups in total. The molecule has 108 valence electrons. The topological polar surface area (TPSA) is 55.6 Å². The number of nitrogens with zero attached hydrogens (tertiary/aromatic N) is 1. The summed E-state index contributed by atoms with van der Waals surface area (Å²) in [6.07, 6.45) is 4.90. The number of carbonyl (C=O) groups excluding carboxylic acids is 1. The zero-order valence-electron chi connectivity index (χ0n) is 11.3. The molecule has 0 spiro atoms. The first kappa shape index (κ1) is 18.0. The van der Waals surface area contributed by atoms with Gasteiger partial charge in [0.15, 0.2) is 0 Å². The molecular weight excluding hydrogens is 272 g/mol. The lowest BCUT2D eigenvalue weighted by Gasteiger charge is -2.28. The maximum Gasteiger partial charge on any atom is 0.239 e. The van der Waals surface area contributed by atoms with Crippen molar-refractivity contribution in [2.75, 3.05) is 38.8 Å². The van der Waals surface area contributed by atoms with Crippen LogP contribution in [0.1, 0.15) is 19.3 Å². The molecule has 0 bridgehead atoms. The van der Waals surface area contributed by atoms with Crippen molar-refractivity contribution < 1.29 is 9.53 Å². The zero-order valence-corrected chi connectivity index (χ0v) is 12.9. The van der Waals surface area contributed by atoms with Crippen LogP contribution in [0.4, 0.5) is 0 Å². The number of amides is 1. The molecule has 4 nitrogen and oxygen atoms in total. The lowest BCUT2D eigenvalue weighted by Crippen LogP contribution is -2.44. The van der Waals surface area contributed by atoms with Crippen LogP contribution in [0.25, 0.3) is 0 Å². The van der Waals surface area contributed by atoms with Crippen molar-refractivity contribution in [3.63, 3.8) is 0 Å². The van der Waals surface area contributed by atoms with Crippen LogP contribution >= 0.6 is 24.2 Å². The van der Waals surface area contributed by atoms with Crippen molar-refractivity contribution in [2.45, 2.75) is 25.3 Å². The lowest BCUT2D eigenvalue weighted by molar-refractivity contribution is -0.132. The third-order valence-electron chi connectivity index (χ3n) is 3.20. The number of hydrogen-bond donors (Lipinski definition) is 1. The molecule has 0 aromatic heterocycles. The Kier molecular flexibility index (Phi) is 9.91. The summed E-state index contributed by atoms with van der Waals surface area (Å²) in [6.45, 7) is 2.46. The fourth-order valence-corrected chi connectivity index (χ4v) is 2.55. The molecule has 18 heavy (non-hydrogen) atoms. The van der Waals surface area contributed by atoms with E-state index in [1.165, 1.54) is 0 Å². The second-order valence-electron chi connectivity index (χ2n) is 4.66. The molecule has 0 unspecified atom stereocenters. The van der Waals surface area contributed by atoms with E-state index in [0.29, 0.717) is 5.92 Å². The van der Waals surface area contributed by atoms with Crippen molar-refractivity contribution in [1.82, 2.24) is 4.90 Å². The molecule has 1 atom stereocenters. The summed E-state index contributed by atoms with van der Waals surface area (Å²) in [5.41, 5.74) is 5.88. The fraction of sp³-hybridized carbons (Fsp3) is 0.917. The minimum Gasteiger partial charge on any atom is -0.381 e. The Balaban J connectivity index is 0.00000289. The Morgan fingerprint density at radius 1 is 1.50 bits per heavy atom. The van der Waals surface area contributed by atoms with Crippen molar-refractivity contribution in [2.24, 2.45) is 11.7 Å². The molecule has 1 amide bonds. The van der Waals surface area contributed by atoms with E-state index in [-0.39, 0.29) is 24.4 Å². The van der Waals surface area contributed by atoms with Gasteiger partial charge in [-0.25, -0.2) is 0 Å². The van der Waals surface area contributed by atoms with E-state index in [1.807, 2.05) is 13.3 Å². The smallest absolute Gasteiger partial charge is 0.239 e. The Bertz CT molecular complexity index is 238. The second kappa shape index (κ2) is 9.89. The fourth-order valence-electron chi connectivity index (χ4n) is 2.06. The van der Waals surface area contributed by atoms with Gasteiger partial charge < -0.3 is 15.4 Å². The van der Waals surface area contributed by atoms with E-state index >= 15 is 0 Å². The van der Waals surface area contributed by atoms with Gasteiger partial charge in [-0.1, -0.05) is 0 Å². The lowest BCUT2D eigenvalue weighted by atomic mass is 9.99. The van der Waals surface area contributed by atoms with Crippen LogP contribution in [0.3, 0.4) is 0 Å². The summed E-state index contributed by atoms with van der Waals surface area (Å²) in [4.78, 5) is 13.8. The van der Waals surface area contributed by atoms with E-state index in [0.717, 1.165) is 44.8 Å². The van der Waals surface area contributed by atoms with Crippen LogP contribution in [-0.4, -0.2) is 55.7 Å². The van der Waals surface area contributed by atoms with E-state index in [1.54, 1.807) is 16.7 Å². The molecule has 0 aliphatic carbocycles. The standard InChI is InChI=1S/C12H24N2O2S.ClH/c1-14(9-10-3-6-16-7-4-10)12(15)11(13)5-8-17-2;/h10-11H,3-9,13H2,1-2H3;1H/t11-;/m0./s1. The molecule has 1 aliphatic heterocycles. The monoisotopic (exact) mass is 296 g/mol. The average molecular weight is 297 g/mol. The highest BCUT2D eigenvalue weighted by molar-refractivity contribution is 7.98. The van der Waals surface area contributed by atoms with Crippen LogP contribution in [0.15, 0.2) is 0 Å². The third kappa shape index (κ3) is 6.27. The van der Waals surface area contributed by atoms with Crippen molar-refractivity contribution in [1.29, 1.82) is 0 Å². The van der Waals surface area contributed by atoms with Gasteiger partial charge in [-0.05, 0) is 37.2 Å². The predicted octanol–water partition coefficient (Wildman–Crippen LogP) is 1.37. The molecule has 0 saturated carbocycles. The Morgan fingerprint density at radius 2 is 2.11 bits per heavy atom. The van der Waals surface area contributed by atoms with E-state index in [2.05, 4.69) is 0 Å². The van der Waals surface area contributed by atoms with Gasteiger partial charge in [-0.15, -0.1) is 12.4 Å². The van der Waals surface area contributed by atoms with Crippen LogP contribution in [0.5, 0.6) is 0 Å². The number of carbonyl (C=O) groups is 1. The molecule has 1 rings (SSSR count). The van der Waals surface area contributed by atoms with Crippen LogP contribution in [0, 0.1) is 5.92 Å². The minimum atomic E-state index is -0.340. The normalized spacial score (nSPS) is 17.9. The third-order valence-corrected chi connectivity index (χ3v) is 3.84. The van der Waals surface area contributed by atoms with Crippen LogP contribution in [-0.2, 0) is 9.53 Å². The van der Waals surface area contributed by atoms with Gasteiger partial charge in [0, 0.05) is 26.8 Å². The van der Waals surface area contributed by atoms with Crippen molar-refractivity contribution in [3.8, 4) is 0 Å². The number of likely N-dealkylation sites (N-methyl/N-ethyl adjacent to an activating group) is 1. The maximum atomic E-state index is 12.0. The maximum absolute atomic E-state index is 12.0. The molecule has 1 saturated heterocycles. The number of ether oxygens (including phenoxy) is 1. The van der Waals surface area contributed by atoms with Gasteiger partial charge in [0.2, 0.25) is 5.91 Å². The summed E-state index contributed by atoms with van der Waals surface area (Å²) >= 11 is 1.73. The molecule has 1 aliphatic rings. The first-order chi connectivity index (χ1) is 8.15. The van der Waals surface area contributed by atoms with Crippen molar-refractivity contribution in [3.05, 3.63) is 0 Å². The Hall–Kier alpha value is 0.0300. The minimum absolute atomic E-state index is 0. The molecule has 0 radical (unpaired) electrons. The Morgan fingerprint density at radius 3 is 2.67 bits per heavy atom. The first-order valence-corrected chi connectivity index (χ1v) is 7.61. The number of halogens is 1. The van der Waals surface area contributed by atoms with E-state index in [4.69, 9.17) is 10.5 Å². The SMILES string of the molecule is CSCC[C@H](N)C(=O)N(C)CC1CCOCC1.Cl. The summed E-state index contributed by atoms with van der Waals surface area (Å²) < 4.78 is 5.31. The summed E-state index contributed by atoms with van der Waals surface area (Å²) in [5.74, 6) is 1.59. The van der Waals surface area contributed by atoms with Gasteiger partial charge in [0.1, 0.15) is 0 Å². The van der Waals surface area contributed by atoms with Gasteiger partial charge in [0.05, 0.1) is 6.04 Å². The van der Waals surface area contributed by atoms with Crippen molar-refractivity contribution >= 4 is 30.1 Å². The van der Waals surface area contributed by atoms with Gasteiger partial charge in [0.25, 0.3) is 0 Å². The quantitative estimate of drug-likeness (QED) is 0.804. The summed E-state index contributed by atoms with van der Waals surface area (Å²) in [6, 6.07) is -0.340. The number of hydrogen-bond acceptors (Lipinski definition) is 4. The molecular formula is C12H25ClN2O2S. The molecule has 6 heteroatoms. The number of thioether (sulfide) groups is 1. The molecule has 1 heterocycles. The largest absolute Gasteiger partial charge is 0.381 e. The van der Waals surface area contributed by atoms with Gasteiger partial charge >= 0.3 is 0 Å². The molecule has 1 fully saturated rings. The highest BCUT2D eigenvalue weighted by Gasteiger charge is 2.22. The highest BCUT2D eigenvalue weighted by Crippen LogP contribution is 2.16. The second-order valence-corrected chi connectivity index (χ2v) is 5.65. The zero-order chi connectivity index (χ0) is 12.7. The summed E-state index contributed by atoms with van der Waals surface area (Å²) in [7, 11) is 1.86. The molecule has 0 aromatic carbocycles. The predicted molar refractivity (Wildman–Crippen MR) is 79.4 cm³/mol. The highest BCUT2D eigenvalue weighted by atomic mass is 35.5. The first-order valence-electron chi connectivity index (χ1n) is 6.22. The van der Waals surface area contributed by atoms with Crippen LogP contribution < -0.4 is 5.73 Å². The number of rotatable bonds is 6. The Labute approximate surface area is 120 Å². The van der Waals surface area contributed by atoms with Gasteiger partial charge in [-0.3, -0.25) is 4.79 Å². The van der Waals surface area contributed by atoms with E-state index in [9.17, 15) is 4.79 Å². The number of nitrogens with two attached hydrogens (primary N) is 1. The summed E-state index contributed by atoms with van der Waals surface area (Å²) in [5, 5.41) is 0. The molecule has 0 aromatic rings. The van der Waals surface area contributed by atoms with E-state index < -0.39 is 0 Å². The average Bonchev–Trinajstić information content (AvgIpc) is 2.36.